The SMILES string of the molecule is CC1(C)CCCc2c(O)cc(C#C[Si](C)(C)C)cc21. The first-order valence-corrected chi connectivity index (χ1v) is 10.6. The molecule has 1 N–H and O–H groups in total. The van der Waals surface area contributed by atoms with Crippen molar-refractivity contribution in [1.29, 1.82) is 0 Å². The van der Waals surface area contributed by atoms with Crippen molar-refractivity contribution in [2.75, 3.05) is 0 Å². The predicted octanol–water partition coefficient (Wildman–Crippen LogP) is 4.24. The van der Waals surface area contributed by atoms with Gasteiger partial charge < -0.3 is 5.11 Å². The van der Waals surface area contributed by atoms with Crippen LogP contribution in [0.3, 0.4) is 0 Å². The Morgan fingerprint density at radius 2 is 1.89 bits per heavy atom. The summed E-state index contributed by atoms with van der Waals surface area (Å²) >= 11 is 0. The summed E-state index contributed by atoms with van der Waals surface area (Å²) in [6, 6.07) is 4.04. The third-order valence-corrected chi connectivity index (χ3v) is 4.64. The largest absolute Gasteiger partial charge is 0.508 e. The summed E-state index contributed by atoms with van der Waals surface area (Å²) < 4.78 is 0. The molecule has 0 spiro atoms. The fourth-order valence-corrected chi connectivity index (χ4v) is 3.22. The second-order valence-corrected chi connectivity index (χ2v) is 12.0. The van der Waals surface area contributed by atoms with E-state index in [0.29, 0.717) is 5.75 Å². The second kappa shape index (κ2) is 4.72. The lowest BCUT2D eigenvalue weighted by atomic mass is 9.72. The Morgan fingerprint density at radius 3 is 2.53 bits per heavy atom. The molecular formula is C17H24OSi. The van der Waals surface area contributed by atoms with Crippen LogP contribution in [-0.4, -0.2) is 13.2 Å². The normalized spacial score (nSPS) is 17.3. The van der Waals surface area contributed by atoms with Crippen LogP contribution in [0.4, 0.5) is 0 Å². The lowest BCUT2D eigenvalue weighted by molar-refractivity contribution is 0.409. The minimum Gasteiger partial charge on any atom is -0.508 e. The molecule has 1 aromatic rings. The quantitative estimate of drug-likeness (QED) is 0.553. The molecule has 1 aliphatic carbocycles. The van der Waals surface area contributed by atoms with Gasteiger partial charge in [0.1, 0.15) is 13.8 Å². The summed E-state index contributed by atoms with van der Waals surface area (Å²) in [5, 5.41) is 10.2. The fraction of sp³-hybridized carbons (Fsp3) is 0.529. The van der Waals surface area contributed by atoms with Gasteiger partial charge in [0.2, 0.25) is 0 Å². The van der Waals surface area contributed by atoms with Gasteiger partial charge in [-0.05, 0) is 47.9 Å². The van der Waals surface area contributed by atoms with Gasteiger partial charge in [-0.15, -0.1) is 5.54 Å². The van der Waals surface area contributed by atoms with Crippen LogP contribution in [0.2, 0.25) is 19.6 Å². The van der Waals surface area contributed by atoms with Crippen LogP contribution in [0.25, 0.3) is 0 Å². The second-order valence-electron chi connectivity index (χ2n) is 7.26. The highest BCUT2D eigenvalue weighted by Gasteiger charge is 2.29. The van der Waals surface area contributed by atoms with E-state index in [0.717, 1.165) is 24.0 Å². The molecule has 0 saturated carbocycles. The van der Waals surface area contributed by atoms with Crippen LogP contribution >= 0.6 is 0 Å². The predicted molar refractivity (Wildman–Crippen MR) is 84.3 cm³/mol. The minimum atomic E-state index is -1.37. The molecule has 1 aromatic carbocycles. The van der Waals surface area contributed by atoms with Crippen LogP contribution < -0.4 is 0 Å². The molecule has 1 aliphatic rings. The van der Waals surface area contributed by atoms with E-state index in [2.05, 4.69) is 51.0 Å². The van der Waals surface area contributed by atoms with Crippen molar-refractivity contribution >= 4 is 8.07 Å². The van der Waals surface area contributed by atoms with Gasteiger partial charge in [0.15, 0.2) is 0 Å². The van der Waals surface area contributed by atoms with Crippen LogP contribution in [0.1, 0.15) is 43.4 Å². The number of hydrogen-bond acceptors (Lipinski definition) is 1. The first kappa shape index (κ1) is 14.2. The van der Waals surface area contributed by atoms with Crippen molar-refractivity contribution in [3.8, 4) is 17.2 Å². The van der Waals surface area contributed by atoms with Gasteiger partial charge in [0, 0.05) is 5.56 Å². The maximum absolute atomic E-state index is 10.2. The van der Waals surface area contributed by atoms with Gasteiger partial charge in [-0.3, -0.25) is 0 Å². The lowest BCUT2D eigenvalue weighted by Gasteiger charge is -2.33. The lowest BCUT2D eigenvalue weighted by Crippen LogP contribution is -2.24. The third-order valence-electron chi connectivity index (χ3n) is 3.77. The van der Waals surface area contributed by atoms with Crippen LogP contribution in [0, 0.1) is 11.5 Å². The molecule has 0 heterocycles. The summed E-state index contributed by atoms with van der Waals surface area (Å²) in [7, 11) is -1.37. The standard InChI is InChI=1S/C17H24OSi/c1-17(2)9-6-7-14-15(17)11-13(12-16(14)18)8-10-19(3,4)5/h11-12,18H,6-7,9H2,1-5H3. The molecule has 0 bridgehead atoms. The molecule has 2 heteroatoms. The monoisotopic (exact) mass is 272 g/mol. The summed E-state index contributed by atoms with van der Waals surface area (Å²) in [5.74, 6) is 3.70. The average molecular weight is 272 g/mol. The maximum atomic E-state index is 10.2. The fourth-order valence-electron chi connectivity index (χ4n) is 2.70. The van der Waals surface area contributed by atoms with Gasteiger partial charge in [-0.2, -0.15) is 0 Å². The topological polar surface area (TPSA) is 20.2 Å². The number of hydrogen-bond donors (Lipinski definition) is 1. The van der Waals surface area contributed by atoms with Crippen LogP contribution in [-0.2, 0) is 11.8 Å². The van der Waals surface area contributed by atoms with Crippen LogP contribution in [0.15, 0.2) is 12.1 Å². The molecule has 19 heavy (non-hydrogen) atoms. The van der Waals surface area contributed by atoms with Crippen LogP contribution in [0.5, 0.6) is 5.75 Å². The minimum absolute atomic E-state index is 0.155. The summed E-state index contributed by atoms with van der Waals surface area (Å²) in [4.78, 5) is 0. The van der Waals surface area contributed by atoms with Crippen molar-refractivity contribution in [1.82, 2.24) is 0 Å². The highest BCUT2D eigenvalue weighted by Crippen LogP contribution is 2.40. The van der Waals surface area contributed by atoms with E-state index in [1.54, 1.807) is 0 Å². The molecule has 2 rings (SSSR count). The van der Waals surface area contributed by atoms with Crippen molar-refractivity contribution in [3.05, 3.63) is 28.8 Å². The Kier molecular flexibility index (Phi) is 3.53. The molecule has 0 atom stereocenters. The number of rotatable bonds is 0. The first-order chi connectivity index (χ1) is 8.69. The van der Waals surface area contributed by atoms with Gasteiger partial charge in [-0.1, -0.05) is 39.4 Å². The van der Waals surface area contributed by atoms with Gasteiger partial charge in [0.25, 0.3) is 0 Å². The summed E-state index contributed by atoms with van der Waals surface area (Å²) in [5.41, 5.74) is 6.92. The van der Waals surface area contributed by atoms with Gasteiger partial charge in [-0.25, -0.2) is 0 Å². The maximum Gasteiger partial charge on any atom is 0.129 e. The molecule has 102 valence electrons. The number of phenols is 1. The molecule has 0 aliphatic heterocycles. The molecule has 0 amide bonds. The van der Waals surface area contributed by atoms with Crippen molar-refractivity contribution in [2.24, 2.45) is 0 Å². The van der Waals surface area contributed by atoms with Crippen molar-refractivity contribution in [2.45, 2.75) is 58.2 Å². The van der Waals surface area contributed by atoms with E-state index in [4.69, 9.17) is 0 Å². The molecular weight excluding hydrogens is 248 g/mol. The molecule has 1 nitrogen and oxygen atoms in total. The van der Waals surface area contributed by atoms with E-state index in [1.807, 2.05) is 6.07 Å². The number of fused-ring (bicyclic) bond motifs is 1. The molecule has 0 aromatic heterocycles. The van der Waals surface area contributed by atoms with Gasteiger partial charge >= 0.3 is 0 Å². The number of aromatic hydroxyl groups is 1. The Hall–Kier alpha value is -1.20. The summed E-state index contributed by atoms with van der Waals surface area (Å²) in [6.07, 6.45) is 3.34. The van der Waals surface area contributed by atoms with E-state index < -0.39 is 8.07 Å². The van der Waals surface area contributed by atoms with E-state index >= 15 is 0 Å². The van der Waals surface area contributed by atoms with Gasteiger partial charge in [0.05, 0.1) is 0 Å². The van der Waals surface area contributed by atoms with E-state index in [9.17, 15) is 5.11 Å². The molecule has 0 fully saturated rings. The molecule has 0 unspecified atom stereocenters. The number of benzene rings is 1. The zero-order valence-electron chi connectivity index (χ0n) is 12.7. The Bertz CT molecular complexity index is 553. The van der Waals surface area contributed by atoms with E-state index in [1.165, 1.54) is 12.0 Å². The smallest absolute Gasteiger partial charge is 0.129 e. The average Bonchev–Trinajstić information content (AvgIpc) is 2.26. The Labute approximate surface area is 118 Å². The Morgan fingerprint density at radius 1 is 1.21 bits per heavy atom. The Balaban J connectivity index is 2.50. The summed E-state index contributed by atoms with van der Waals surface area (Å²) in [6.45, 7) is 11.2. The highest BCUT2D eigenvalue weighted by molar-refractivity contribution is 6.83. The van der Waals surface area contributed by atoms with Crippen molar-refractivity contribution < 1.29 is 5.11 Å². The molecule has 0 saturated heterocycles. The third kappa shape index (κ3) is 3.22. The molecule has 0 radical (unpaired) electrons. The zero-order chi connectivity index (χ0) is 14.3. The zero-order valence-corrected chi connectivity index (χ0v) is 13.7. The van der Waals surface area contributed by atoms with Crippen molar-refractivity contribution in [3.63, 3.8) is 0 Å². The first-order valence-electron chi connectivity index (χ1n) is 7.09. The van der Waals surface area contributed by atoms with E-state index in [-0.39, 0.29) is 5.41 Å². The highest BCUT2D eigenvalue weighted by atomic mass is 28.3. The number of phenolic OH excluding ortho intramolecular Hbond substituents is 1.